The maximum Gasteiger partial charge on any atom is 0.239 e. The SMILES string of the molecule is CCC(N)C(=O)N(CC)Cc1ccoc1.Cl. The number of nitrogens with two attached hydrogens (primary N) is 1. The van der Waals surface area contributed by atoms with Gasteiger partial charge in [0.25, 0.3) is 0 Å². The monoisotopic (exact) mass is 246 g/mol. The highest BCUT2D eigenvalue weighted by Gasteiger charge is 2.18. The van der Waals surface area contributed by atoms with Gasteiger partial charge in [0.15, 0.2) is 0 Å². The van der Waals surface area contributed by atoms with Gasteiger partial charge in [0.05, 0.1) is 18.6 Å². The van der Waals surface area contributed by atoms with Gasteiger partial charge in [-0.05, 0) is 19.4 Å². The van der Waals surface area contributed by atoms with Gasteiger partial charge in [0, 0.05) is 18.7 Å². The van der Waals surface area contributed by atoms with Crippen LogP contribution in [-0.4, -0.2) is 23.4 Å². The fourth-order valence-electron chi connectivity index (χ4n) is 1.36. The second kappa shape index (κ2) is 7.30. The molecule has 0 aliphatic heterocycles. The van der Waals surface area contributed by atoms with Crippen molar-refractivity contribution < 1.29 is 9.21 Å². The third-order valence-corrected chi connectivity index (χ3v) is 2.40. The van der Waals surface area contributed by atoms with Crippen molar-refractivity contribution in [2.45, 2.75) is 32.9 Å². The Morgan fingerprint density at radius 1 is 1.56 bits per heavy atom. The van der Waals surface area contributed by atoms with Gasteiger partial charge in [-0.1, -0.05) is 6.92 Å². The van der Waals surface area contributed by atoms with Gasteiger partial charge in [0.1, 0.15) is 0 Å². The lowest BCUT2D eigenvalue weighted by Crippen LogP contribution is -2.42. The highest BCUT2D eigenvalue weighted by atomic mass is 35.5. The molecule has 1 unspecified atom stereocenters. The Morgan fingerprint density at radius 3 is 2.69 bits per heavy atom. The van der Waals surface area contributed by atoms with Crippen molar-refractivity contribution in [1.82, 2.24) is 4.90 Å². The lowest BCUT2D eigenvalue weighted by molar-refractivity contribution is -0.133. The molecule has 16 heavy (non-hydrogen) atoms. The molecule has 0 spiro atoms. The largest absolute Gasteiger partial charge is 0.472 e. The van der Waals surface area contributed by atoms with Crippen molar-refractivity contribution in [2.75, 3.05) is 6.54 Å². The molecule has 1 rings (SSSR count). The van der Waals surface area contributed by atoms with Crippen LogP contribution in [0.3, 0.4) is 0 Å². The first kappa shape index (κ1) is 15.0. The molecule has 2 N–H and O–H groups in total. The molecule has 1 aromatic rings. The molecule has 0 aliphatic rings. The highest BCUT2D eigenvalue weighted by molar-refractivity contribution is 5.85. The third kappa shape index (κ3) is 3.87. The second-order valence-electron chi connectivity index (χ2n) is 3.50. The minimum atomic E-state index is -0.392. The summed E-state index contributed by atoms with van der Waals surface area (Å²) < 4.78 is 4.96. The number of carbonyl (C=O) groups is 1. The molecule has 4 nitrogen and oxygen atoms in total. The summed E-state index contributed by atoms with van der Waals surface area (Å²) in [6.07, 6.45) is 3.92. The Kier molecular flexibility index (Phi) is 6.85. The van der Waals surface area contributed by atoms with Crippen LogP contribution in [0.4, 0.5) is 0 Å². The normalized spacial score (nSPS) is 11.7. The Bertz CT molecular complexity index is 301. The molecule has 1 atom stereocenters. The van der Waals surface area contributed by atoms with Gasteiger partial charge in [-0.15, -0.1) is 12.4 Å². The molecule has 0 radical (unpaired) electrons. The number of likely N-dealkylation sites (N-methyl/N-ethyl adjacent to an activating group) is 1. The van der Waals surface area contributed by atoms with E-state index in [0.717, 1.165) is 5.56 Å². The fraction of sp³-hybridized carbons (Fsp3) is 0.545. The molecule has 0 saturated carbocycles. The molecule has 5 heteroatoms. The van der Waals surface area contributed by atoms with Crippen molar-refractivity contribution in [3.05, 3.63) is 24.2 Å². The Balaban J connectivity index is 0.00000225. The van der Waals surface area contributed by atoms with Crippen molar-refractivity contribution in [2.24, 2.45) is 5.73 Å². The Hall–Kier alpha value is -1.00. The molecule has 0 aromatic carbocycles. The standard InChI is InChI=1S/C11H18N2O2.ClH/c1-3-10(12)11(14)13(4-2)7-9-5-6-15-8-9;/h5-6,8,10H,3-4,7,12H2,1-2H3;1H. The summed E-state index contributed by atoms with van der Waals surface area (Å²) in [4.78, 5) is 13.5. The zero-order chi connectivity index (χ0) is 11.3. The van der Waals surface area contributed by atoms with E-state index in [1.165, 1.54) is 0 Å². The van der Waals surface area contributed by atoms with Crippen LogP contribution in [0.25, 0.3) is 0 Å². The number of nitrogens with zero attached hydrogens (tertiary/aromatic N) is 1. The maximum atomic E-state index is 11.8. The van der Waals surface area contributed by atoms with Crippen LogP contribution in [-0.2, 0) is 11.3 Å². The molecular formula is C11H19ClN2O2. The van der Waals surface area contributed by atoms with Crippen LogP contribution in [0.1, 0.15) is 25.8 Å². The van der Waals surface area contributed by atoms with E-state index in [1.807, 2.05) is 19.9 Å². The van der Waals surface area contributed by atoms with Crippen molar-refractivity contribution in [1.29, 1.82) is 0 Å². The smallest absolute Gasteiger partial charge is 0.239 e. The summed E-state index contributed by atoms with van der Waals surface area (Å²) in [5.41, 5.74) is 6.70. The van der Waals surface area contributed by atoms with Gasteiger partial charge in [0.2, 0.25) is 5.91 Å². The van der Waals surface area contributed by atoms with E-state index in [-0.39, 0.29) is 18.3 Å². The average molecular weight is 247 g/mol. The third-order valence-electron chi connectivity index (χ3n) is 2.40. The van der Waals surface area contributed by atoms with Crippen LogP contribution in [0.2, 0.25) is 0 Å². The minimum absolute atomic E-state index is 0. The summed E-state index contributed by atoms with van der Waals surface area (Å²) in [6, 6.07) is 1.46. The molecule has 0 aliphatic carbocycles. The summed E-state index contributed by atoms with van der Waals surface area (Å²) >= 11 is 0. The van der Waals surface area contributed by atoms with E-state index in [9.17, 15) is 4.79 Å². The maximum absolute atomic E-state index is 11.8. The molecule has 1 amide bonds. The Labute approximate surface area is 102 Å². The van der Waals surface area contributed by atoms with Gasteiger partial charge < -0.3 is 15.1 Å². The molecule has 92 valence electrons. The van der Waals surface area contributed by atoms with Gasteiger partial charge in [-0.25, -0.2) is 0 Å². The number of hydrogen-bond donors (Lipinski definition) is 1. The van der Waals surface area contributed by atoms with Gasteiger partial charge in [-0.2, -0.15) is 0 Å². The molecule has 0 fully saturated rings. The van der Waals surface area contributed by atoms with Gasteiger partial charge >= 0.3 is 0 Å². The summed E-state index contributed by atoms with van der Waals surface area (Å²) in [5.74, 6) is 0.00111. The van der Waals surface area contributed by atoms with Crippen LogP contribution < -0.4 is 5.73 Å². The molecule has 1 aromatic heterocycles. The van der Waals surface area contributed by atoms with E-state index in [2.05, 4.69) is 0 Å². The lowest BCUT2D eigenvalue weighted by Gasteiger charge is -2.23. The first-order valence-electron chi connectivity index (χ1n) is 5.24. The zero-order valence-electron chi connectivity index (χ0n) is 9.68. The number of furan rings is 1. The van der Waals surface area contributed by atoms with Crippen LogP contribution >= 0.6 is 12.4 Å². The van der Waals surface area contributed by atoms with E-state index in [0.29, 0.717) is 19.5 Å². The number of halogens is 1. The summed E-state index contributed by atoms with van der Waals surface area (Å²) in [6.45, 7) is 5.09. The zero-order valence-corrected chi connectivity index (χ0v) is 10.5. The minimum Gasteiger partial charge on any atom is -0.472 e. The van der Waals surface area contributed by atoms with Crippen LogP contribution in [0.5, 0.6) is 0 Å². The van der Waals surface area contributed by atoms with Crippen molar-refractivity contribution >= 4 is 18.3 Å². The Morgan fingerprint density at radius 2 is 2.25 bits per heavy atom. The number of hydrogen-bond acceptors (Lipinski definition) is 3. The lowest BCUT2D eigenvalue weighted by atomic mass is 10.2. The molecule has 0 bridgehead atoms. The average Bonchev–Trinajstić information content (AvgIpc) is 2.76. The second-order valence-corrected chi connectivity index (χ2v) is 3.50. The topological polar surface area (TPSA) is 59.5 Å². The molecular weight excluding hydrogens is 228 g/mol. The quantitative estimate of drug-likeness (QED) is 0.862. The fourth-order valence-corrected chi connectivity index (χ4v) is 1.36. The first-order valence-corrected chi connectivity index (χ1v) is 5.24. The van der Waals surface area contributed by atoms with Crippen molar-refractivity contribution in [3.8, 4) is 0 Å². The van der Waals surface area contributed by atoms with E-state index in [1.54, 1.807) is 17.4 Å². The van der Waals surface area contributed by atoms with Gasteiger partial charge in [-0.3, -0.25) is 4.79 Å². The summed E-state index contributed by atoms with van der Waals surface area (Å²) in [7, 11) is 0. The predicted octanol–water partition coefficient (Wildman–Crippen LogP) is 1.79. The highest BCUT2D eigenvalue weighted by Crippen LogP contribution is 2.07. The van der Waals surface area contributed by atoms with Crippen LogP contribution in [0.15, 0.2) is 23.0 Å². The van der Waals surface area contributed by atoms with E-state index in [4.69, 9.17) is 10.2 Å². The number of rotatable bonds is 5. The van der Waals surface area contributed by atoms with E-state index < -0.39 is 6.04 Å². The first-order chi connectivity index (χ1) is 7.19. The summed E-state index contributed by atoms with van der Waals surface area (Å²) in [5, 5.41) is 0. The van der Waals surface area contributed by atoms with Crippen LogP contribution in [0, 0.1) is 0 Å². The van der Waals surface area contributed by atoms with E-state index >= 15 is 0 Å². The predicted molar refractivity (Wildman–Crippen MR) is 65.3 cm³/mol. The van der Waals surface area contributed by atoms with Crippen molar-refractivity contribution in [3.63, 3.8) is 0 Å². The molecule has 1 heterocycles. The molecule has 0 saturated heterocycles. The number of carbonyl (C=O) groups excluding carboxylic acids is 1. The number of amides is 1.